The summed E-state index contributed by atoms with van der Waals surface area (Å²) in [4.78, 5) is 8.41. The van der Waals surface area contributed by atoms with Gasteiger partial charge in [-0.2, -0.15) is 4.98 Å². The van der Waals surface area contributed by atoms with Gasteiger partial charge in [-0.25, -0.2) is 10.8 Å². The van der Waals surface area contributed by atoms with E-state index in [9.17, 15) is 0 Å². The summed E-state index contributed by atoms with van der Waals surface area (Å²) >= 11 is 0. The average molecular weight is 206 g/mol. The van der Waals surface area contributed by atoms with E-state index >= 15 is 0 Å². The van der Waals surface area contributed by atoms with Crippen LogP contribution < -0.4 is 16.0 Å². The van der Waals surface area contributed by atoms with E-state index in [4.69, 9.17) is 17.0 Å². The van der Waals surface area contributed by atoms with Crippen molar-refractivity contribution in [1.29, 1.82) is 0 Å². The molecule has 0 radical (unpaired) electrons. The molecule has 5 heteroatoms. The van der Waals surface area contributed by atoms with Crippen molar-refractivity contribution in [2.75, 3.05) is 12.0 Å². The predicted octanol–water partition coefficient (Wildman–Crippen LogP) is 0.645. The van der Waals surface area contributed by atoms with Gasteiger partial charge in [-0.1, -0.05) is 12.8 Å². The molecule has 3 N–H and O–H groups in total. The second-order valence-electron chi connectivity index (χ2n) is 2.91. The van der Waals surface area contributed by atoms with E-state index in [1.54, 1.807) is 0 Å². The Hall–Kier alpha value is -1.80. The molecule has 0 aliphatic rings. The van der Waals surface area contributed by atoms with Crippen LogP contribution in [-0.4, -0.2) is 16.6 Å². The molecule has 80 valence electrons. The highest BCUT2D eigenvalue weighted by molar-refractivity contribution is 5.47. The van der Waals surface area contributed by atoms with Crippen LogP contribution >= 0.6 is 0 Å². The minimum absolute atomic E-state index is 0.186. The molecular weight excluding hydrogens is 192 g/mol. The van der Waals surface area contributed by atoms with Crippen molar-refractivity contribution >= 4 is 5.82 Å². The third-order valence-electron chi connectivity index (χ3n) is 1.89. The maximum Gasteiger partial charge on any atom is 0.222 e. The maximum atomic E-state index is 5.34. The number of terminal acetylenes is 1. The number of ether oxygens (including phenoxy) is 1. The van der Waals surface area contributed by atoms with E-state index in [0.717, 1.165) is 5.56 Å². The number of nitrogens with one attached hydrogen (secondary N) is 1. The number of rotatable bonds is 4. The smallest absolute Gasteiger partial charge is 0.222 e. The first-order valence-corrected chi connectivity index (χ1v) is 4.63. The summed E-state index contributed by atoms with van der Waals surface area (Å²) in [6.07, 6.45) is 5.82. The Kier molecular flexibility index (Phi) is 3.89. The van der Waals surface area contributed by atoms with Crippen LogP contribution in [0.15, 0.2) is 0 Å². The fourth-order valence-corrected chi connectivity index (χ4v) is 1.09. The van der Waals surface area contributed by atoms with Crippen molar-refractivity contribution in [2.24, 2.45) is 5.84 Å². The van der Waals surface area contributed by atoms with Gasteiger partial charge >= 0.3 is 0 Å². The molecule has 1 heterocycles. The van der Waals surface area contributed by atoms with Crippen LogP contribution in [0, 0.1) is 19.3 Å². The minimum atomic E-state index is 0.186. The molecule has 0 aliphatic carbocycles. The van der Waals surface area contributed by atoms with E-state index in [-0.39, 0.29) is 6.61 Å². The topological polar surface area (TPSA) is 73.1 Å². The Morgan fingerprint density at radius 3 is 2.80 bits per heavy atom. The fourth-order valence-electron chi connectivity index (χ4n) is 1.09. The second kappa shape index (κ2) is 5.17. The lowest BCUT2D eigenvalue weighted by atomic mass is 10.3. The Morgan fingerprint density at radius 1 is 1.53 bits per heavy atom. The van der Waals surface area contributed by atoms with Crippen LogP contribution in [0.1, 0.15) is 18.3 Å². The molecule has 0 saturated carbocycles. The predicted molar refractivity (Wildman–Crippen MR) is 58.3 cm³/mol. The maximum absolute atomic E-state index is 5.34. The van der Waals surface area contributed by atoms with E-state index in [1.807, 2.05) is 13.8 Å². The molecule has 0 saturated heterocycles. The van der Waals surface area contributed by atoms with Crippen LogP contribution in [0.25, 0.3) is 0 Å². The lowest BCUT2D eigenvalue weighted by Gasteiger charge is -2.10. The number of nitrogens with two attached hydrogens (primary N) is 1. The standard InChI is InChI=1S/C10H14N4O/c1-4-6-15-10-7(3)9(14-11)12-8(5-2)13-10/h1H,5-6,11H2,2-3H3,(H,12,13,14). The van der Waals surface area contributed by atoms with Gasteiger partial charge in [-0.3, -0.25) is 0 Å². The van der Waals surface area contributed by atoms with Gasteiger partial charge in [0.1, 0.15) is 11.6 Å². The van der Waals surface area contributed by atoms with Crippen molar-refractivity contribution < 1.29 is 4.74 Å². The van der Waals surface area contributed by atoms with Crippen LogP contribution in [0.4, 0.5) is 5.82 Å². The Morgan fingerprint density at radius 2 is 2.27 bits per heavy atom. The number of aromatic nitrogens is 2. The van der Waals surface area contributed by atoms with Crippen LogP contribution in [-0.2, 0) is 6.42 Å². The molecule has 0 bridgehead atoms. The number of aryl methyl sites for hydroxylation is 1. The van der Waals surface area contributed by atoms with E-state index in [1.165, 1.54) is 0 Å². The molecule has 0 aromatic carbocycles. The normalized spacial score (nSPS) is 9.47. The summed E-state index contributed by atoms with van der Waals surface area (Å²) in [5.74, 6) is 9.43. The third-order valence-corrected chi connectivity index (χ3v) is 1.89. The first-order valence-electron chi connectivity index (χ1n) is 4.63. The van der Waals surface area contributed by atoms with Crippen molar-refractivity contribution in [2.45, 2.75) is 20.3 Å². The van der Waals surface area contributed by atoms with Crippen LogP contribution in [0.3, 0.4) is 0 Å². The van der Waals surface area contributed by atoms with E-state index < -0.39 is 0 Å². The van der Waals surface area contributed by atoms with Gasteiger partial charge in [-0.05, 0) is 6.92 Å². The molecule has 1 aromatic rings. The number of hydrogen-bond acceptors (Lipinski definition) is 5. The summed E-state index contributed by atoms with van der Waals surface area (Å²) in [7, 11) is 0. The average Bonchev–Trinajstić information content (AvgIpc) is 2.27. The summed E-state index contributed by atoms with van der Waals surface area (Å²) in [5.41, 5.74) is 3.26. The van der Waals surface area contributed by atoms with Gasteiger partial charge in [0.15, 0.2) is 6.61 Å². The monoisotopic (exact) mass is 206 g/mol. The number of nitrogens with zero attached hydrogens (tertiary/aromatic N) is 2. The highest BCUT2D eigenvalue weighted by atomic mass is 16.5. The van der Waals surface area contributed by atoms with Gasteiger partial charge < -0.3 is 10.2 Å². The lowest BCUT2D eigenvalue weighted by Crippen LogP contribution is -2.13. The summed E-state index contributed by atoms with van der Waals surface area (Å²) < 4.78 is 5.29. The molecule has 0 spiro atoms. The van der Waals surface area contributed by atoms with Crippen molar-refractivity contribution in [1.82, 2.24) is 9.97 Å². The van der Waals surface area contributed by atoms with Gasteiger partial charge in [0.05, 0.1) is 5.56 Å². The highest BCUT2D eigenvalue weighted by Crippen LogP contribution is 2.21. The first-order chi connectivity index (χ1) is 7.22. The highest BCUT2D eigenvalue weighted by Gasteiger charge is 2.09. The lowest BCUT2D eigenvalue weighted by molar-refractivity contribution is 0.350. The molecule has 1 rings (SSSR count). The fraction of sp³-hybridized carbons (Fsp3) is 0.400. The second-order valence-corrected chi connectivity index (χ2v) is 2.91. The quantitative estimate of drug-likeness (QED) is 0.430. The summed E-state index contributed by atoms with van der Waals surface area (Å²) in [6.45, 7) is 3.96. The molecule has 0 amide bonds. The molecule has 0 fully saturated rings. The van der Waals surface area contributed by atoms with Gasteiger partial charge in [0.25, 0.3) is 0 Å². The number of anilines is 1. The van der Waals surface area contributed by atoms with Crippen molar-refractivity contribution in [3.63, 3.8) is 0 Å². The Labute approximate surface area is 89.0 Å². The van der Waals surface area contributed by atoms with Gasteiger partial charge in [0, 0.05) is 6.42 Å². The van der Waals surface area contributed by atoms with Crippen LogP contribution in [0.2, 0.25) is 0 Å². The molecule has 15 heavy (non-hydrogen) atoms. The van der Waals surface area contributed by atoms with Gasteiger partial charge in [-0.15, -0.1) is 6.42 Å². The Balaban J connectivity index is 3.07. The van der Waals surface area contributed by atoms with Crippen molar-refractivity contribution in [3.05, 3.63) is 11.4 Å². The van der Waals surface area contributed by atoms with Crippen molar-refractivity contribution in [3.8, 4) is 18.2 Å². The van der Waals surface area contributed by atoms with E-state index in [0.29, 0.717) is 23.9 Å². The molecule has 1 aromatic heterocycles. The van der Waals surface area contributed by atoms with E-state index in [2.05, 4.69) is 21.3 Å². The molecular formula is C10H14N4O. The molecule has 0 atom stereocenters. The zero-order valence-electron chi connectivity index (χ0n) is 8.87. The first kappa shape index (κ1) is 11.3. The zero-order chi connectivity index (χ0) is 11.3. The summed E-state index contributed by atoms with van der Waals surface area (Å²) in [6, 6.07) is 0. The zero-order valence-corrected chi connectivity index (χ0v) is 8.87. The molecule has 0 aliphatic heterocycles. The number of hydrogen-bond donors (Lipinski definition) is 2. The molecule has 0 unspecified atom stereocenters. The SMILES string of the molecule is C#CCOc1nc(CC)nc(NN)c1C. The van der Waals surface area contributed by atoms with Gasteiger partial charge in [0.2, 0.25) is 5.88 Å². The largest absolute Gasteiger partial charge is 0.464 e. The Bertz CT molecular complexity index is 384. The minimum Gasteiger partial charge on any atom is -0.464 e. The number of nitrogen functional groups attached to an aromatic ring is 1. The summed E-state index contributed by atoms with van der Waals surface area (Å²) in [5, 5.41) is 0. The third kappa shape index (κ3) is 2.58. The van der Waals surface area contributed by atoms with Crippen LogP contribution in [0.5, 0.6) is 5.88 Å². The molecule has 5 nitrogen and oxygen atoms in total. The number of hydrazine groups is 1.